The van der Waals surface area contributed by atoms with Gasteiger partial charge in [-0.05, 0) is 32.7 Å². The SMILES string of the molecule is CN1C2CCCC1CC(NCc1cncn1C)C2. The van der Waals surface area contributed by atoms with E-state index in [9.17, 15) is 0 Å². The summed E-state index contributed by atoms with van der Waals surface area (Å²) >= 11 is 0. The average Bonchev–Trinajstić information content (AvgIpc) is 2.73. The molecule has 2 saturated heterocycles. The first kappa shape index (κ1) is 12.2. The van der Waals surface area contributed by atoms with Crippen LogP contribution in [0.3, 0.4) is 0 Å². The van der Waals surface area contributed by atoms with Crippen molar-refractivity contribution in [1.82, 2.24) is 19.8 Å². The second-order valence-electron chi connectivity index (χ2n) is 5.95. The van der Waals surface area contributed by atoms with Crippen molar-refractivity contribution in [3.05, 3.63) is 18.2 Å². The Morgan fingerprint density at radius 1 is 1.28 bits per heavy atom. The molecule has 1 aromatic heterocycles. The summed E-state index contributed by atoms with van der Waals surface area (Å²) in [6.45, 7) is 0.949. The maximum atomic E-state index is 4.17. The summed E-state index contributed by atoms with van der Waals surface area (Å²) in [5, 5.41) is 3.73. The van der Waals surface area contributed by atoms with E-state index in [1.807, 2.05) is 12.5 Å². The third-order valence-electron chi connectivity index (χ3n) is 4.83. The van der Waals surface area contributed by atoms with Gasteiger partial charge in [0, 0.05) is 37.9 Å². The van der Waals surface area contributed by atoms with E-state index in [0.29, 0.717) is 6.04 Å². The minimum atomic E-state index is 0.686. The van der Waals surface area contributed by atoms with Gasteiger partial charge < -0.3 is 14.8 Å². The molecule has 2 aliphatic heterocycles. The highest BCUT2D eigenvalue weighted by molar-refractivity contribution is 4.99. The van der Waals surface area contributed by atoms with E-state index in [1.165, 1.54) is 37.8 Å². The van der Waals surface area contributed by atoms with E-state index in [0.717, 1.165) is 18.6 Å². The molecule has 2 atom stereocenters. The molecule has 0 amide bonds. The summed E-state index contributed by atoms with van der Waals surface area (Å²) in [6, 6.07) is 2.30. The molecule has 4 heteroatoms. The minimum absolute atomic E-state index is 0.686. The van der Waals surface area contributed by atoms with Crippen LogP contribution < -0.4 is 5.32 Å². The first-order chi connectivity index (χ1) is 8.74. The molecule has 1 aromatic rings. The molecule has 3 heterocycles. The number of imidazole rings is 1. The summed E-state index contributed by atoms with van der Waals surface area (Å²) in [5.74, 6) is 0. The van der Waals surface area contributed by atoms with Gasteiger partial charge in [-0.3, -0.25) is 0 Å². The first-order valence-corrected chi connectivity index (χ1v) is 7.14. The predicted molar refractivity (Wildman–Crippen MR) is 72.3 cm³/mol. The average molecular weight is 248 g/mol. The number of nitrogens with zero attached hydrogens (tertiary/aromatic N) is 3. The quantitative estimate of drug-likeness (QED) is 0.880. The Kier molecular flexibility index (Phi) is 3.39. The zero-order chi connectivity index (χ0) is 12.5. The molecular weight excluding hydrogens is 224 g/mol. The zero-order valence-corrected chi connectivity index (χ0v) is 11.5. The van der Waals surface area contributed by atoms with Crippen LogP contribution in [0.4, 0.5) is 0 Å². The number of fused-ring (bicyclic) bond motifs is 2. The minimum Gasteiger partial charge on any atom is -0.337 e. The molecule has 3 rings (SSSR count). The van der Waals surface area contributed by atoms with Crippen molar-refractivity contribution >= 4 is 0 Å². The molecule has 1 N–H and O–H groups in total. The number of rotatable bonds is 3. The van der Waals surface area contributed by atoms with Crippen LogP contribution in [-0.4, -0.2) is 39.6 Å². The molecule has 100 valence electrons. The van der Waals surface area contributed by atoms with Crippen molar-refractivity contribution in [1.29, 1.82) is 0 Å². The van der Waals surface area contributed by atoms with E-state index in [-0.39, 0.29) is 0 Å². The van der Waals surface area contributed by atoms with Gasteiger partial charge in [-0.25, -0.2) is 4.98 Å². The normalized spacial score (nSPS) is 32.7. The van der Waals surface area contributed by atoms with Gasteiger partial charge in [0.25, 0.3) is 0 Å². The molecule has 18 heavy (non-hydrogen) atoms. The van der Waals surface area contributed by atoms with Crippen molar-refractivity contribution in [3.8, 4) is 0 Å². The summed E-state index contributed by atoms with van der Waals surface area (Å²) in [5.41, 5.74) is 1.28. The van der Waals surface area contributed by atoms with Gasteiger partial charge in [-0.15, -0.1) is 0 Å². The Morgan fingerprint density at radius 3 is 2.61 bits per heavy atom. The van der Waals surface area contributed by atoms with Crippen LogP contribution in [0.2, 0.25) is 0 Å². The number of hydrogen-bond donors (Lipinski definition) is 1. The predicted octanol–water partition coefficient (Wildman–Crippen LogP) is 1.52. The van der Waals surface area contributed by atoms with Crippen molar-refractivity contribution < 1.29 is 0 Å². The number of nitrogens with one attached hydrogen (secondary N) is 1. The van der Waals surface area contributed by atoms with E-state index >= 15 is 0 Å². The molecule has 0 radical (unpaired) electrons. The van der Waals surface area contributed by atoms with E-state index in [2.05, 4.69) is 33.9 Å². The van der Waals surface area contributed by atoms with Crippen LogP contribution in [0.25, 0.3) is 0 Å². The monoisotopic (exact) mass is 248 g/mol. The molecule has 2 bridgehead atoms. The van der Waals surface area contributed by atoms with Gasteiger partial charge in [-0.2, -0.15) is 0 Å². The Labute approximate surface area is 109 Å². The number of aryl methyl sites for hydroxylation is 1. The Hall–Kier alpha value is -0.870. The largest absolute Gasteiger partial charge is 0.337 e. The lowest BCUT2D eigenvalue weighted by Gasteiger charge is -2.47. The first-order valence-electron chi connectivity index (χ1n) is 7.14. The highest BCUT2D eigenvalue weighted by Crippen LogP contribution is 2.32. The lowest BCUT2D eigenvalue weighted by atomic mass is 9.82. The van der Waals surface area contributed by atoms with Gasteiger partial charge in [0.05, 0.1) is 12.0 Å². The molecule has 2 aliphatic rings. The van der Waals surface area contributed by atoms with Crippen LogP contribution in [0.5, 0.6) is 0 Å². The zero-order valence-electron chi connectivity index (χ0n) is 11.5. The molecule has 0 aromatic carbocycles. The standard InChI is InChI=1S/C14H24N4/c1-17-10-15-8-14(17)9-16-11-6-12-4-3-5-13(7-11)18(12)2/h8,10-13,16H,3-7,9H2,1-2H3. The Morgan fingerprint density at radius 2 is 2.00 bits per heavy atom. The second-order valence-corrected chi connectivity index (χ2v) is 5.95. The summed E-state index contributed by atoms with van der Waals surface area (Å²) in [7, 11) is 4.37. The van der Waals surface area contributed by atoms with Crippen LogP contribution in [0.15, 0.2) is 12.5 Å². The molecule has 0 spiro atoms. The maximum absolute atomic E-state index is 4.17. The molecule has 0 aliphatic carbocycles. The molecule has 2 fully saturated rings. The van der Waals surface area contributed by atoms with Gasteiger partial charge in [-0.1, -0.05) is 6.42 Å². The van der Waals surface area contributed by atoms with Crippen LogP contribution in [0.1, 0.15) is 37.8 Å². The second kappa shape index (κ2) is 5.02. The van der Waals surface area contributed by atoms with Crippen LogP contribution >= 0.6 is 0 Å². The third kappa shape index (κ3) is 2.31. The van der Waals surface area contributed by atoms with Crippen LogP contribution in [0, 0.1) is 0 Å². The molecular formula is C14H24N4. The van der Waals surface area contributed by atoms with Crippen LogP contribution in [-0.2, 0) is 13.6 Å². The molecule has 4 nitrogen and oxygen atoms in total. The fraction of sp³-hybridized carbons (Fsp3) is 0.786. The number of hydrogen-bond acceptors (Lipinski definition) is 3. The van der Waals surface area contributed by atoms with Crippen molar-refractivity contribution in [3.63, 3.8) is 0 Å². The summed E-state index contributed by atoms with van der Waals surface area (Å²) < 4.78 is 2.10. The van der Waals surface area contributed by atoms with Gasteiger partial charge in [0.2, 0.25) is 0 Å². The number of aromatic nitrogens is 2. The topological polar surface area (TPSA) is 33.1 Å². The lowest BCUT2D eigenvalue weighted by molar-refractivity contribution is 0.0481. The van der Waals surface area contributed by atoms with Gasteiger partial charge >= 0.3 is 0 Å². The van der Waals surface area contributed by atoms with Crippen molar-refractivity contribution in [2.75, 3.05) is 7.05 Å². The number of piperidine rings is 2. The fourth-order valence-corrected chi connectivity index (χ4v) is 3.59. The summed E-state index contributed by atoms with van der Waals surface area (Å²) in [4.78, 5) is 6.79. The fourth-order valence-electron chi connectivity index (χ4n) is 3.59. The van der Waals surface area contributed by atoms with E-state index in [1.54, 1.807) is 0 Å². The van der Waals surface area contributed by atoms with Crippen molar-refractivity contribution in [2.24, 2.45) is 7.05 Å². The van der Waals surface area contributed by atoms with E-state index in [4.69, 9.17) is 0 Å². The van der Waals surface area contributed by atoms with Gasteiger partial charge in [0.15, 0.2) is 0 Å². The van der Waals surface area contributed by atoms with E-state index < -0.39 is 0 Å². The molecule has 0 saturated carbocycles. The van der Waals surface area contributed by atoms with Crippen molar-refractivity contribution in [2.45, 2.75) is 56.8 Å². The maximum Gasteiger partial charge on any atom is 0.0945 e. The molecule has 2 unspecified atom stereocenters. The lowest BCUT2D eigenvalue weighted by Crippen LogP contribution is -2.54. The highest BCUT2D eigenvalue weighted by atomic mass is 15.2. The Bertz CT molecular complexity index is 386. The van der Waals surface area contributed by atoms with Gasteiger partial charge in [0.1, 0.15) is 0 Å². The summed E-state index contributed by atoms with van der Waals surface area (Å²) in [6.07, 6.45) is 10.7. The highest BCUT2D eigenvalue weighted by Gasteiger charge is 2.35. The Balaban J connectivity index is 1.57. The third-order valence-corrected chi connectivity index (χ3v) is 4.83. The smallest absolute Gasteiger partial charge is 0.0945 e.